The van der Waals surface area contributed by atoms with Crippen LogP contribution in [-0.4, -0.2) is 73.9 Å². The van der Waals surface area contributed by atoms with Crippen LogP contribution in [0.15, 0.2) is 18.2 Å². The Hall–Kier alpha value is -2.89. The van der Waals surface area contributed by atoms with E-state index in [9.17, 15) is 32.9 Å². The van der Waals surface area contributed by atoms with Crippen LogP contribution in [0.4, 0.5) is 24.5 Å². The number of morpholine rings is 1. The Morgan fingerprint density at radius 3 is 2.52 bits per heavy atom. The number of hydrogen-bond acceptors (Lipinski definition) is 7. The van der Waals surface area contributed by atoms with Crippen LogP contribution in [0.1, 0.15) is 17.3 Å². The van der Waals surface area contributed by atoms with Crippen LogP contribution in [0.25, 0.3) is 0 Å². The predicted octanol–water partition coefficient (Wildman–Crippen LogP) is 2.00. The number of nitro benzene ring substituents is 1. The first kappa shape index (κ1) is 22.4. The van der Waals surface area contributed by atoms with Gasteiger partial charge in [-0.3, -0.25) is 19.7 Å². The van der Waals surface area contributed by atoms with E-state index in [-0.39, 0.29) is 22.8 Å². The molecule has 9 nitrogen and oxygen atoms in total. The molecule has 0 aromatic heterocycles. The summed E-state index contributed by atoms with van der Waals surface area (Å²) in [5.41, 5.74) is -0.511. The molecule has 0 aliphatic carbocycles. The van der Waals surface area contributed by atoms with Crippen LogP contribution in [-0.2, 0) is 14.3 Å². The highest BCUT2D eigenvalue weighted by atomic mass is 19.4. The topological polar surface area (TPSA) is 102 Å². The van der Waals surface area contributed by atoms with E-state index in [1.54, 1.807) is 4.90 Å². The van der Waals surface area contributed by atoms with Gasteiger partial charge in [0.25, 0.3) is 11.6 Å². The molecular formula is C17H20F3N3O6. The number of ether oxygens (including phenoxy) is 2. The van der Waals surface area contributed by atoms with Gasteiger partial charge < -0.3 is 19.3 Å². The Bertz CT molecular complexity index is 765. The number of esters is 1. The molecule has 29 heavy (non-hydrogen) atoms. The Labute approximate surface area is 164 Å². The first-order chi connectivity index (χ1) is 13.6. The molecule has 0 radical (unpaired) electrons. The predicted molar refractivity (Wildman–Crippen MR) is 94.7 cm³/mol. The summed E-state index contributed by atoms with van der Waals surface area (Å²) in [5, 5.41) is 11.1. The largest absolute Gasteiger partial charge is 0.465 e. The van der Waals surface area contributed by atoms with Crippen molar-refractivity contribution in [2.75, 3.05) is 50.9 Å². The second-order valence-corrected chi connectivity index (χ2v) is 6.14. The molecule has 2 rings (SSSR count). The quantitative estimate of drug-likeness (QED) is 0.378. The maximum absolute atomic E-state index is 13.0. The monoisotopic (exact) mass is 419 g/mol. The Balaban J connectivity index is 2.44. The molecule has 160 valence electrons. The number of carbonyl (C=O) groups is 2. The van der Waals surface area contributed by atoms with Crippen molar-refractivity contribution in [3.63, 3.8) is 0 Å². The van der Waals surface area contributed by atoms with Crippen molar-refractivity contribution >= 4 is 23.3 Å². The number of carbonyl (C=O) groups excluding carboxylic acids is 2. The lowest BCUT2D eigenvalue weighted by atomic mass is 10.1. The fourth-order valence-corrected chi connectivity index (χ4v) is 2.84. The third kappa shape index (κ3) is 6.31. The van der Waals surface area contributed by atoms with Crippen LogP contribution in [0.5, 0.6) is 0 Å². The lowest BCUT2D eigenvalue weighted by molar-refractivity contribution is -0.384. The summed E-state index contributed by atoms with van der Waals surface area (Å²) in [6, 6.07) is 3.40. The molecule has 0 unspecified atom stereocenters. The van der Waals surface area contributed by atoms with Crippen molar-refractivity contribution in [1.29, 1.82) is 0 Å². The van der Waals surface area contributed by atoms with Gasteiger partial charge >= 0.3 is 12.1 Å². The smallest absolute Gasteiger partial charge is 0.406 e. The molecule has 1 heterocycles. The Kier molecular flexibility index (Phi) is 7.37. The average molecular weight is 419 g/mol. The fourth-order valence-electron chi connectivity index (χ4n) is 2.84. The van der Waals surface area contributed by atoms with E-state index < -0.39 is 41.8 Å². The number of amides is 1. The van der Waals surface area contributed by atoms with E-state index in [1.165, 1.54) is 19.1 Å². The lowest BCUT2D eigenvalue weighted by Crippen LogP contribution is -2.44. The molecule has 0 atom stereocenters. The normalized spacial score (nSPS) is 14.4. The molecule has 12 heteroatoms. The maximum Gasteiger partial charge on any atom is 0.406 e. The highest BCUT2D eigenvalue weighted by Gasteiger charge is 2.36. The van der Waals surface area contributed by atoms with E-state index in [1.807, 2.05) is 0 Å². The first-order valence-corrected chi connectivity index (χ1v) is 8.75. The van der Waals surface area contributed by atoms with Crippen molar-refractivity contribution in [3.8, 4) is 0 Å². The molecule has 1 aliphatic heterocycles. The van der Waals surface area contributed by atoms with Crippen molar-refractivity contribution in [2.24, 2.45) is 0 Å². The van der Waals surface area contributed by atoms with Crippen molar-refractivity contribution in [2.45, 2.75) is 13.1 Å². The van der Waals surface area contributed by atoms with Gasteiger partial charge in [0.05, 0.1) is 36.0 Å². The van der Waals surface area contributed by atoms with E-state index >= 15 is 0 Å². The molecule has 1 aromatic carbocycles. The summed E-state index contributed by atoms with van der Waals surface area (Å²) < 4.78 is 48.9. The van der Waals surface area contributed by atoms with Crippen LogP contribution in [0, 0.1) is 10.1 Å². The van der Waals surface area contributed by atoms with Gasteiger partial charge in [-0.05, 0) is 13.0 Å². The van der Waals surface area contributed by atoms with Gasteiger partial charge in [-0.25, -0.2) is 0 Å². The molecule has 1 saturated heterocycles. The molecule has 1 amide bonds. The summed E-state index contributed by atoms with van der Waals surface area (Å²) in [4.78, 5) is 37.0. The average Bonchev–Trinajstić information content (AvgIpc) is 2.66. The fraction of sp³-hybridized carbons (Fsp3) is 0.529. The van der Waals surface area contributed by atoms with E-state index in [0.717, 1.165) is 6.07 Å². The summed E-state index contributed by atoms with van der Waals surface area (Å²) >= 11 is 0. The van der Waals surface area contributed by atoms with Gasteiger partial charge in [0.15, 0.2) is 0 Å². The summed E-state index contributed by atoms with van der Waals surface area (Å²) in [6.45, 7) is 0.158. The summed E-state index contributed by atoms with van der Waals surface area (Å²) in [7, 11) is 0. The van der Waals surface area contributed by atoms with Crippen molar-refractivity contribution in [1.82, 2.24) is 4.90 Å². The number of alkyl halides is 3. The Morgan fingerprint density at radius 1 is 1.31 bits per heavy atom. The zero-order chi connectivity index (χ0) is 21.6. The number of rotatable bonds is 7. The zero-order valence-electron chi connectivity index (χ0n) is 15.6. The molecule has 1 aliphatic rings. The third-order valence-electron chi connectivity index (χ3n) is 4.06. The SMILES string of the molecule is CCOC(=O)CN(CC(F)(F)F)C(=O)c1cc([N+](=O)[O-])ccc1N1CCOCC1. The van der Waals surface area contributed by atoms with Gasteiger partial charge in [0.2, 0.25) is 0 Å². The minimum atomic E-state index is -4.78. The molecule has 0 saturated carbocycles. The molecule has 0 bridgehead atoms. The van der Waals surface area contributed by atoms with E-state index in [4.69, 9.17) is 4.74 Å². The van der Waals surface area contributed by atoms with Gasteiger partial charge in [-0.15, -0.1) is 0 Å². The van der Waals surface area contributed by atoms with E-state index in [0.29, 0.717) is 26.3 Å². The van der Waals surface area contributed by atoms with Gasteiger partial charge in [-0.1, -0.05) is 0 Å². The van der Waals surface area contributed by atoms with Crippen LogP contribution < -0.4 is 4.90 Å². The highest BCUT2D eigenvalue weighted by Crippen LogP contribution is 2.29. The molecule has 1 fully saturated rings. The van der Waals surface area contributed by atoms with Gasteiger partial charge in [-0.2, -0.15) is 13.2 Å². The lowest BCUT2D eigenvalue weighted by Gasteiger charge is -2.31. The van der Waals surface area contributed by atoms with Crippen LogP contribution in [0.3, 0.4) is 0 Å². The number of hydrogen-bond donors (Lipinski definition) is 0. The number of halogens is 3. The number of nitro groups is 1. The minimum Gasteiger partial charge on any atom is -0.465 e. The third-order valence-corrected chi connectivity index (χ3v) is 4.06. The molecular weight excluding hydrogens is 399 g/mol. The number of nitrogens with zero attached hydrogens (tertiary/aromatic N) is 3. The minimum absolute atomic E-state index is 0.0667. The maximum atomic E-state index is 13.0. The molecule has 1 aromatic rings. The standard InChI is InChI=1S/C17H20F3N3O6/c1-2-29-15(24)10-22(11-17(18,19)20)16(25)13-9-12(23(26)27)3-4-14(13)21-5-7-28-8-6-21/h3-4,9H,2,5-8,10-11H2,1H3. The number of anilines is 1. The molecule has 0 spiro atoms. The number of non-ortho nitro benzene ring substituents is 1. The first-order valence-electron chi connectivity index (χ1n) is 8.75. The van der Waals surface area contributed by atoms with Crippen LogP contribution >= 0.6 is 0 Å². The summed E-state index contributed by atoms with van der Waals surface area (Å²) in [5.74, 6) is -2.16. The van der Waals surface area contributed by atoms with Crippen molar-refractivity contribution < 1.29 is 37.2 Å². The molecule has 0 N–H and O–H groups in total. The zero-order valence-corrected chi connectivity index (χ0v) is 15.6. The summed E-state index contributed by atoms with van der Waals surface area (Å²) in [6.07, 6.45) is -4.78. The van der Waals surface area contributed by atoms with Gasteiger partial charge in [0, 0.05) is 25.2 Å². The van der Waals surface area contributed by atoms with Crippen LogP contribution in [0.2, 0.25) is 0 Å². The van der Waals surface area contributed by atoms with E-state index in [2.05, 4.69) is 4.74 Å². The highest BCUT2D eigenvalue weighted by molar-refractivity contribution is 6.01. The second kappa shape index (κ2) is 9.54. The second-order valence-electron chi connectivity index (χ2n) is 6.14. The number of benzene rings is 1. The van der Waals surface area contributed by atoms with Gasteiger partial charge in [0.1, 0.15) is 13.1 Å². The Morgan fingerprint density at radius 2 is 1.97 bits per heavy atom. The van der Waals surface area contributed by atoms with Crippen molar-refractivity contribution in [3.05, 3.63) is 33.9 Å².